The van der Waals surface area contributed by atoms with Gasteiger partial charge < -0.3 is 9.84 Å². The van der Waals surface area contributed by atoms with Gasteiger partial charge in [-0.3, -0.25) is 4.79 Å². The van der Waals surface area contributed by atoms with Gasteiger partial charge in [0.05, 0.1) is 17.9 Å². The van der Waals surface area contributed by atoms with Crippen molar-refractivity contribution in [2.24, 2.45) is 0 Å². The molecule has 0 saturated heterocycles. The fourth-order valence-corrected chi connectivity index (χ4v) is 3.50. The summed E-state index contributed by atoms with van der Waals surface area (Å²) in [6, 6.07) is 5.64. The van der Waals surface area contributed by atoms with Gasteiger partial charge in [-0.25, -0.2) is 9.37 Å². The molecule has 0 unspecified atom stereocenters. The van der Waals surface area contributed by atoms with Gasteiger partial charge in [-0.15, -0.1) is 11.3 Å². The van der Waals surface area contributed by atoms with Gasteiger partial charge in [0, 0.05) is 11.1 Å². The molecule has 24 heavy (non-hydrogen) atoms. The Morgan fingerprint density at radius 3 is 2.83 bits per heavy atom. The minimum atomic E-state index is -0.339. The number of nitrogens with one attached hydrogen (secondary N) is 1. The normalized spacial score (nSPS) is 10.8. The monoisotopic (exact) mass is 364 g/mol. The second-order valence-corrected chi connectivity index (χ2v) is 6.94. The molecule has 3 rings (SSSR count). The SMILES string of the molecule is Cc1noc(Cc2csc(SCC(=O)Nc3ccc(F)cc3)n2)n1. The molecule has 1 aromatic carbocycles. The van der Waals surface area contributed by atoms with Crippen molar-refractivity contribution >= 4 is 34.7 Å². The Morgan fingerprint density at radius 1 is 1.33 bits per heavy atom. The van der Waals surface area contributed by atoms with E-state index >= 15 is 0 Å². The number of rotatable bonds is 6. The van der Waals surface area contributed by atoms with Crippen LogP contribution in [0.2, 0.25) is 0 Å². The van der Waals surface area contributed by atoms with Gasteiger partial charge in [0.1, 0.15) is 5.82 Å². The minimum Gasteiger partial charge on any atom is -0.339 e. The van der Waals surface area contributed by atoms with E-state index in [2.05, 4.69) is 20.4 Å². The molecule has 1 amide bonds. The van der Waals surface area contributed by atoms with Crippen LogP contribution < -0.4 is 5.32 Å². The lowest BCUT2D eigenvalue weighted by Gasteiger charge is -2.03. The summed E-state index contributed by atoms with van der Waals surface area (Å²) < 4.78 is 18.7. The number of aryl methyl sites for hydroxylation is 1. The van der Waals surface area contributed by atoms with Gasteiger partial charge in [-0.2, -0.15) is 4.98 Å². The van der Waals surface area contributed by atoms with E-state index in [1.807, 2.05) is 5.38 Å². The third-order valence-electron chi connectivity index (χ3n) is 2.89. The van der Waals surface area contributed by atoms with Gasteiger partial charge in [-0.05, 0) is 31.2 Å². The number of hydrogen-bond acceptors (Lipinski definition) is 7. The summed E-state index contributed by atoms with van der Waals surface area (Å²) in [7, 11) is 0. The van der Waals surface area contributed by atoms with Crippen LogP contribution in [0.25, 0.3) is 0 Å². The number of anilines is 1. The van der Waals surface area contributed by atoms with Crippen molar-refractivity contribution in [1.82, 2.24) is 15.1 Å². The summed E-state index contributed by atoms with van der Waals surface area (Å²) in [4.78, 5) is 20.5. The van der Waals surface area contributed by atoms with Crippen molar-refractivity contribution in [3.05, 3.63) is 52.9 Å². The van der Waals surface area contributed by atoms with E-state index in [1.54, 1.807) is 6.92 Å². The first-order valence-electron chi connectivity index (χ1n) is 7.00. The van der Waals surface area contributed by atoms with E-state index in [0.29, 0.717) is 23.8 Å². The lowest BCUT2D eigenvalue weighted by Crippen LogP contribution is -2.13. The number of hydrogen-bond donors (Lipinski definition) is 1. The van der Waals surface area contributed by atoms with Crippen LogP contribution in [-0.4, -0.2) is 26.8 Å². The number of carbonyl (C=O) groups excluding carboxylic acids is 1. The highest BCUT2D eigenvalue weighted by Crippen LogP contribution is 2.24. The molecule has 0 radical (unpaired) electrons. The van der Waals surface area contributed by atoms with E-state index in [0.717, 1.165) is 10.0 Å². The standard InChI is InChI=1S/C15H13FN4O2S2/c1-9-17-14(22-20-9)6-12-7-23-15(19-12)24-8-13(21)18-11-4-2-10(16)3-5-11/h2-5,7H,6,8H2,1H3,(H,18,21). The summed E-state index contributed by atoms with van der Waals surface area (Å²) in [5, 5.41) is 8.34. The van der Waals surface area contributed by atoms with Crippen molar-refractivity contribution in [2.45, 2.75) is 17.7 Å². The minimum absolute atomic E-state index is 0.170. The lowest BCUT2D eigenvalue weighted by molar-refractivity contribution is -0.113. The van der Waals surface area contributed by atoms with Crippen LogP contribution in [0.1, 0.15) is 17.4 Å². The molecule has 0 spiro atoms. The summed E-state index contributed by atoms with van der Waals surface area (Å²) in [6.07, 6.45) is 0.472. The number of nitrogens with zero attached hydrogens (tertiary/aromatic N) is 3. The lowest BCUT2D eigenvalue weighted by atomic mass is 10.3. The molecular formula is C15H13FN4O2S2. The van der Waals surface area contributed by atoms with Crippen LogP contribution in [0.15, 0.2) is 38.5 Å². The summed E-state index contributed by atoms with van der Waals surface area (Å²) >= 11 is 2.80. The van der Waals surface area contributed by atoms with Crippen molar-refractivity contribution in [3.63, 3.8) is 0 Å². The molecule has 0 fully saturated rings. The van der Waals surface area contributed by atoms with Crippen molar-refractivity contribution in [2.75, 3.05) is 11.1 Å². The van der Waals surface area contributed by atoms with E-state index in [-0.39, 0.29) is 17.5 Å². The Kier molecular flexibility index (Phi) is 5.21. The maximum atomic E-state index is 12.8. The predicted molar refractivity (Wildman–Crippen MR) is 89.7 cm³/mol. The van der Waals surface area contributed by atoms with E-state index in [4.69, 9.17) is 4.52 Å². The highest BCUT2D eigenvalue weighted by molar-refractivity contribution is 8.01. The van der Waals surface area contributed by atoms with E-state index in [9.17, 15) is 9.18 Å². The van der Waals surface area contributed by atoms with Crippen LogP contribution in [0, 0.1) is 12.7 Å². The van der Waals surface area contributed by atoms with Gasteiger partial charge in [0.25, 0.3) is 0 Å². The quantitative estimate of drug-likeness (QED) is 0.676. The maximum absolute atomic E-state index is 12.8. The van der Waals surface area contributed by atoms with Gasteiger partial charge in [0.15, 0.2) is 10.2 Å². The zero-order valence-electron chi connectivity index (χ0n) is 12.7. The van der Waals surface area contributed by atoms with Crippen LogP contribution in [0.5, 0.6) is 0 Å². The number of carbonyl (C=O) groups is 1. The third kappa shape index (κ3) is 4.62. The smallest absolute Gasteiger partial charge is 0.234 e. The number of thiazole rings is 1. The van der Waals surface area contributed by atoms with Crippen LogP contribution in [-0.2, 0) is 11.2 Å². The Hall–Kier alpha value is -2.26. The van der Waals surface area contributed by atoms with Crippen molar-refractivity contribution < 1.29 is 13.7 Å². The molecule has 1 N–H and O–H groups in total. The zero-order valence-corrected chi connectivity index (χ0v) is 14.3. The zero-order chi connectivity index (χ0) is 16.9. The molecule has 0 aliphatic rings. The molecule has 124 valence electrons. The molecule has 3 aromatic rings. The first kappa shape index (κ1) is 16.6. The van der Waals surface area contributed by atoms with E-state index < -0.39 is 0 Å². The second kappa shape index (κ2) is 7.54. The van der Waals surface area contributed by atoms with Gasteiger partial charge in [0.2, 0.25) is 11.8 Å². The van der Waals surface area contributed by atoms with Gasteiger partial charge in [-0.1, -0.05) is 16.9 Å². The molecule has 0 bridgehead atoms. The first-order valence-corrected chi connectivity index (χ1v) is 8.87. The topological polar surface area (TPSA) is 80.9 Å². The average molecular weight is 364 g/mol. The number of thioether (sulfide) groups is 1. The number of benzene rings is 1. The first-order chi connectivity index (χ1) is 11.6. The van der Waals surface area contributed by atoms with E-state index in [1.165, 1.54) is 47.4 Å². The molecule has 9 heteroatoms. The maximum Gasteiger partial charge on any atom is 0.234 e. The Morgan fingerprint density at radius 2 is 2.12 bits per heavy atom. The Balaban J connectivity index is 1.49. The predicted octanol–water partition coefficient (Wildman–Crippen LogP) is 3.30. The number of amides is 1. The second-order valence-electron chi connectivity index (χ2n) is 4.86. The Labute approximate surface area is 145 Å². The fourth-order valence-electron chi connectivity index (χ4n) is 1.86. The van der Waals surface area contributed by atoms with Gasteiger partial charge >= 0.3 is 0 Å². The fraction of sp³-hybridized carbons (Fsp3) is 0.200. The molecule has 2 heterocycles. The number of aromatic nitrogens is 3. The molecule has 0 saturated carbocycles. The van der Waals surface area contributed by atoms with Crippen molar-refractivity contribution in [1.29, 1.82) is 0 Å². The largest absolute Gasteiger partial charge is 0.339 e. The third-order valence-corrected chi connectivity index (χ3v) is 4.96. The highest BCUT2D eigenvalue weighted by Gasteiger charge is 2.10. The molecule has 0 aliphatic heterocycles. The highest BCUT2D eigenvalue weighted by atomic mass is 32.2. The molecule has 2 aromatic heterocycles. The van der Waals surface area contributed by atoms with Crippen LogP contribution >= 0.6 is 23.1 Å². The van der Waals surface area contributed by atoms with Crippen LogP contribution in [0.4, 0.5) is 10.1 Å². The van der Waals surface area contributed by atoms with Crippen LogP contribution in [0.3, 0.4) is 0 Å². The van der Waals surface area contributed by atoms with Crippen molar-refractivity contribution in [3.8, 4) is 0 Å². The molecular weight excluding hydrogens is 351 g/mol. The molecule has 0 atom stereocenters. The molecule has 6 nitrogen and oxygen atoms in total. The summed E-state index contributed by atoms with van der Waals surface area (Å²) in [5.41, 5.74) is 1.39. The number of halogens is 1. The summed E-state index contributed by atoms with van der Waals surface area (Å²) in [5.74, 6) is 0.824. The Bertz CT molecular complexity index is 832. The average Bonchev–Trinajstić information content (AvgIpc) is 3.17. The molecule has 0 aliphatic carbocycles. The summed E-state index contributed by atoms with van der Waals surface area (Å²) in [6.45, 7) is 1.76.